The highest BCUT2D eigenvalue weighted by Crippen LogP contribution is 2.39. The van der Waals surface area contributed by atoms with E-state index >= 15 is 0 Å². The molecule has 0 aromatic heterocycles. The normalized spacial score (nSPS) is 17.7. The number of nitrogens with zero attached hydrogens (tertiary/aromatic N) is 1. The van der Waals surface area contributed by atoms with Gasteiger partial charge in [0.2, 0.25) is 0 Å². The van der Waals surface area contributed by atoms with Crippen LogP contribution in [0.3, 0.4) is 0 Å². The average molecular weight is 638 g/mol. The fourth-order valence-corrected chi connectivity index (χ4v) is 5.72. The number of esters is 1. The van der Waals surface area contributed by atoms with Gasteiger partial charge in [0.15, 0.2) is 6.29 Å². The summed E-state index contributed by atoms with van der Waals surface area (Å²) in [4.78, 5) is 26.1. The molecule has 3 unspecified atom stereocenters. The van der Waals surface area contributed by atoms with Crippen LogP contribution in [0.15, 0.2) is 103 Å². The van der Waals surface area contributed by atoms with Crippen molar-refractivity contribution in [1.29, 1.82) is 0 Å². The molecule has 2 amide bonds. The Labute approximate surface area is 276 Å². The van der Waals surface area contributed by atoms with E-state index in [-0.39, 0.29) is 38.5 Å². The number of carbonyl (C=O) groups is 2. The standard InChI is InChI=1S/C38H43N3O6/c1-3-45-36(43)23-40-38(44)39-22-32-11-7-8-12-34(32)29-17-19-31(20-18-29)37-46-33(25-41(2)24-27-9-5-4-6-10-27)21-35(47-37)30-15-13-28(26-42)14-16-30/h4-20,33,35,37,42H,3,21-26H2,1-2H3,(H2,39,40,44). The minimum Gasteiger partial charge on any atom is -0.465 e. The topological polar surface area (TPSA) is 109 Å². The number of urea groups is 1. The van der Waals surface area contributed by atoms with E-state index in [1.807, 2.05) is 78.9 Å². The number of rotatable bonds is 13. The maximum absolute atomic E-state index is 12.3. The number of likely N-dealkylation sites (N-methyl/N-ethyl adjacent to an activating group) is 1. The molecule has 0 bridgehead atoms. The van der Waals surface area contributed by atoms with Crippen molar-refractivity contribution in [3.05, 3.63) is 131 Å². The van der Waals surface area contributed by atoms with Crippen molar-refractivity contribution < 1.29 is 28.9 Å². The number of hydrogen-bond acceptors (Lipinski definition) is 7. The number of amides is 2. The fourth-order valence-electron chi connectivity index (χ4n) is 5.72. The first-order valence-corrected chi connectivity index (χ1v) is 16.0. The van der Waals surface area contributed by atoms with Gasteiger partial charge < -0.3 is 30.0 Å². The molecule has 1 aliphatic rings. The summed E-state index contributed by atoms with van der Waals surface area (Å²) >= 11 is 0. The summed E-state index contributed by atoms with van der Waals surface area (Å²) in [5.74, 6) is -0.481. The third kappa shape index (κ3) is 9.73. The molecule has 1 aliphatic heterocycles. The van der Waals surface area contributed by atoms with Crippen LogP contribution in [0.1, 0.15) is 53.6 Å². The third-order valence-corrected chi connectivity index (χ3v) is 8.07. The van der Waals surface area contributed by atoms with E-state index in [1.165, 1.54) is 5.56 Å². The van der Waals surface area contributed by atoms with E-state index in [9.17, 15) is 14.7 Å². The molecule has 9 heteroatoms. The van der Waals surface area contributed by atoms with Crippen LogP contribution in [0.2, 0.25) is 0 Å². The highest BCUT2D eigenvalue weighted by molar-refractivity contribution is 5.81. The number of ether oxygens (including phenoxy) is 3. The van der Waals surface area contributed by atoms with Gasteiger partial charge in [0, 0.05) is 31.6 Å². The lowest BCUT2D eigenvalue weighted by molar-refractivity contribution is -0.252. The van der Waals surface area contributed by atoms with Gasteiger partial charge in [0.25, 0.3) is 0 Å². The van der Waals surface area contributed by atoms with Crippen LogP contribution >= 0.6 is 0 Å². The molecule has 0 saturated carbocycles. The monoisotopic (exact) mass is 637 g/mol. The Morgan fingerprint density at radius 1 is 0.851 bits per heavy atom. The molecule has 246 valence electrons. The number of carbonyl (C=O) groups excluding carboxylic acids is 2. The van der Waals surface area contributed by atoms with Gasteiger partial charge in [-0.3, -0.25) is 9.69 Å². The van der Waals surface area contributed by atoms with Gasteiger partial charge in [0.1, 0.15) is 6.54 Å². The summed E-state index contributed by atoms with van der Waals surface area (Å²) in [7, 11) is 2.11. The van der Waals surface area contributed by atoms with Crippen molar-refractivity contribution in [2.24, 2.45) is 0 Å². The van der Waals surface area contributed by atoms with Crippen molar-refractivity contribution in [2.45, 2.75) is 51.5 Å². The van der Waals surface area contributed by atoms with Crippen molar-refractivity contribution >= 4 is 12.0 Å². The maximum Gasteiger partial charge on any atom is 0.325 e. The van der Waals surface area contributed by atoms with Crippen LogP contribution in [0.5, 0.6) is 0 Å². The van der Waals surface area contributed by atoms with Crippen LogP contribution in [0.25, 0.3) is 11.1 Å². The van der Waals surface area contributed by atoms with Crippen LogP contribution in [0, 0.1) is 0 Å². The Morgan fingerprint density at radius 2 is 1.55 bits per heavy atom. The molecule has 9 nitrogen and oxygen atoms in total. The van der Waals surface area contributed by atoms with Gasteiger partial charge in [-0.15, -0.1) is 0 Å². The molecule has 1 fully saturated rings. The lowest BCUT2D eigenvalue weighted by atomic mass is 9.97. The second-order valence-electron chi connectivity index (χ2n) is 11.7. The Kier molecular flexibility index (Phi) is 12.1. The summed E-state index contributed by atoms with van der Waals surface area (Å²) in [5, 5.41) is 14.9. The van der Waals surface area contributed by atoms with Crippen LogP contribution in [-0.2, 0) is 38.7 Å². The largest absolute Gasteiger partial charge is 0.465 e. The summed E-state index contributed by atoms with van der Waals surface area (Å²) in [6.45, 7) is 3.64. The van der Waals surface area contributed by atoms with Gasteiger partial charge in [-0.2, -0.15) is 0 Å². The van der Waals surface area contributed by atoms with Gasteiger partial charge in [-0.25, -0.2) is 4.79 Å². The molecule has 4 aromatic carbocycles. The van der Waals surface area contributed by atoms with E-state index in [2.05, 4.69) is 46.8 Å². The lowest BCUT2D eigenvalue weighted by Gasteiger charge is -2.38. The zero-order valence-corrected chi connectivity index (χ0v) is 26.9. The smallest absolute Gasteiger partial charge is 0.325 e. The SMILES string of the molecule is CCOC(=O)CNC(=O)NCc1ccccc1-c1ccc(C2OC(CN(C)Cc3ccccc3)CC(c3ccc(CO)cc3)O2)cc1. The second kappa shape index (κ2) is 16.9. The predicted octanol–water partition coefficient (Wildman–Crippen LogP) is 5.89. The Hall–Kier alpha value is -4.54. The Bertz CT molecular complexity index is 1580. The average Bonchev–Trinajstić information content (AvgIpc) is 3.10. The van der Waals surface area contributed by atoms with E-state index in [4.69, 9.17) is 14.2 Å². The lowest BCUT2D eigenvalue weighted by Crippen LogP contribution is -2.38. The molecular formula is C38H43N3O6. The Balaban J connectivity index is 1.28. The Morgan fingerprint density at radius 3 is 2.28 bits per heavy atom. The van der Waals surface area contributed by atoms with Crippen LogP contribution in [-0.4, -0.2) is 54.9 Å². The molecule has 1 heterocycles. The number of hydrogen-bond donors (Lipinski definition) is 3. The quantitative estimate of drug-likeness (QED) is 0.157. The minimum absolute atomic E-state index is 0.00132. The molecule has 5 rings (SSSR count). The molecule has 0 spiro atoms. The predicted molar refractivity (Wildman–Crippen MR) is 180 cm³/mol. The highest BCUT2D eigenvalue weighted by atomic mass is 16.7. The van der Waals surface area contributed by atoms with Crippen molar-refractivity contribution in [3.63, 3.8) is 0 Å². The molecular weight excluding hydrogens is 594 g/mol. The highest BCUT2D eigenvalue weighted by Gasteiger charge is 2.32. The zero-order chi connectivity index (χ0) is 33.0. The first-order valence-electron chi connectivity index (χ1n) is 16.0. The summed E-state index contributed by atoms with van der Waals surface area (Å²) in [6, 6.07) is 33.9. The summed E-state index contributed by atoms with van der Waals surface area (Å²) in [5.41, 5.74) is 6.98. The number of aliphatic hydroxyl groups is 1. The molecule has 0 radical (unpaired) electrons. The van der Waals surface area contributed by atoms with Crippen LogP contribution < -0.4 is 10.6 Å². The van der Waals surface area contributed by atoms with Gasteiger partial charge >= 0.3 is 12.0 Å². The first kappa shape index (κ1) is 33.8. The van der Waals surface area contributed by atoms with Gasteiger partial charge in [0.05, 0.1) is 25.4 Å². The van der Waals surface area contributed by atoms with E-state index in [0.29, 0.717) is 6.42 Å². The second-order valence-corrected chi connectivity index (χ2v) is 11.7. The molecule has 3 N–H and O–H groups in total. The van der Waals surface area contributed by atoms with Gasteiger partial charge in [-0.05, 0) is 47.4 Å². The maximum atomic E-state index is 12.3. The van der Waals surface area contributed by atoms with Crippen molar-refractivity contribution in [3.8, 4) is 11.1 Å². The van der Waals surface area contributed by atoms with Gasteiger partial charge in [-0.1, -0.05) is 103 Å². The third-order valence-electron chi connectivity index (χ3n) is 8.07. The molecule has 3 atom stereocenters. The van der Waals surface area contributed by atoms with Crippen LogP contribution in [0.4, 0.5) is 4.79 Å². The molecule has 0 aliphatic carbocycles. The summed E-state index contributed by atoms with van der Waals surface area (Å²) in [6.07, 6.45) is -0.0835. The van der Waals surface area contributed by atoms with E-state index < -0.39 is 18.3 Å². The van der Waals surface area contributed by atoms with Crippen molar-refractivity contribution in [2.75, 3.05) is 26.7 Å². The zero-order valence-electron chi connectivity index (χ0n) is 26.9. The first-order chi connectivity index (χ1) is 22.9. The van der Waals surface area contributed by atoms with Crippen molar-refractivity contribution in [1.82, 2.24) is 15.5 Å². The molecule has 1 saturated heterocycles. The number of benzene rings is 4. The number of nitrogens with one attached hydrogen (secondary N) is 2. The number of aliphatic hydroxyl groups excluding tert-OH is 1. The molecule has 47 heavy (non-hydrogen) atoms. The van der Waals surface area contributed by atoms with E-state index in [1.54, 1.807) is 6.92 Å². The minimum atomic E-state index is -0.560. The fraction of sp³-hybridized carbons (Fsp3) is 0.316. The summed E-state index contributed by atoms with van der Waals surface area (Å²) < 4.78 is 18.0. The molecule has 4 aromatic rings. The van der Waals surface area contributed by atoms with E-state index in [0.717, 1.165) is 46.5 Å².